The summed E-state index contributed by atoms with van der Waals surface area (Å²) in [7, 11) is 0. The van der Waals surface area contributed by atoms with Crippen molar-refractivity contribution in [1.82, 2.24) is 4.57 Å². The van der Waals surface area contributed by atoms with E-state index in [1.165, 1.54) is 81.0 Å². The molecule has 9 aromatic rings. The van der Waals surface area contributed by atoms with E-state index in [-0.39, 0.29) is 0 Å². The van der Waals surface area contributed by atoms with E-state index >= 15 is 0 Å². The number of rotatable bonds is 4. The maximum absolute atomic E-state index is 2.43. The predicted octanol–water partition coefficient (Wildman–Crippen LogP) is 12.2. The Balaban J connectivity index is 1.22. The van der Waals surface area contributed by atoms with Crippen molar-refractivity contribution in [2.45, 2.75) is 0 Å². The van der Waals surface area contributed by atoms with Crippen LogP contribution in [0.25, 0.3) is 81.0 Å². The zero-order chi connectivity index (χ0) is 29.0. The van der Waals surface area contributed by atoms with E-state index < -0.39 is 0 Å². The van der Waals surface area contributed by atoms with Crippen LogP contribution in [0.15, 0.2) is 164 Å². The molecule has 44 heavy (non-hydrogen) atoms. The highest BCUT2D eigenvalue weighted by molar-refractivity contribution is 7.26. The number of thiophene rings is 1. The third-order valence-corrected chi connectivity index (χ3v) is 9.92. The lowest BCUT2D eigenvalue weighted by Crippen LogP contribution is -1.94. The van der Waals surface area contributed by atoms with Crippen LogP contribution in [0.5, 0.6) is 0 Å². The number of fused-ring (bicyclic) bond motifs is 7. The molecule has 0 radical (unpaired) electrons. The standard InChI is InChI=1S/C42H27NS/c1-3-11-28(12-4-1)31-25-32(29-13-5-2-6-14-29)27-33(26-31)30-19-21-34(22-20-30)43-37-17-9-7-15-35(37)41-38(43)23-24-40-42(41)36-16-8-10-18-39(36)44-40/h1-27H. The third kappa shape index (κ3) is 4.00. The Morgan fingerprint density at radius 2 is 0.886 bits per heavy atom. The molecule has 9 rings (SSSR count). The van der Waals surface area contributed by atoms with Gasteiger partial charge in [-0.1, -0.05) is 109 Å². The van der Waals surface area contributed by atoms with Crippen LogP contribution in [-0.4, -0.2) is 4.57 Å². The van der Waals surface area contributed by atoms with E-state index in [4.69, 9.17) is 0 Å². The van der Waals surface area contributed by atoms with Gasteiger partial charge in [-0.05, 0) is 88.0 Å². The first-order valence-corrected chi connectivity index (χ1v) is 15.8. The predicted molar refractivity (Wildman–Crippen MR) is 190 cm³/mol. The first-order chi connectivity index (χ1) is 21.8. The van der Waals surface area contributed by atoms with Gasteiger partial charge in [0, 0.05) is 36.6 Å². The molecule has 1 nitrogen and oxygen atoms in total. The summed E-state index contributed by atoms with van der Waals surface area (Å²) in [5.74, 6) is 0. The SMILES string of the molecule is c1ccc(-c2cc(-c3ccccc3)cc(-c3ccc(-n4c5ccccc5c5c6c(ccc54)sc4ccccc46)cc3)c2)cc1. The molecule has 2 heteroatoms. The monoisotopic (exact) mass is 577 g/mol. The minimum absolute atomic E-state index is 1.17. The van der Waals surface area contributed by atoms with Gasteiger partial charge in [-0.15, -0.1) is 11.3 Å². The van der Waals surface area contributed by atoms with E-state index in [0.717, 1.165) is 0 Å². The van der Waals surface area contributed by atoms with Gasteiger partial charge >= 0.3 is 0 Å². The fourth-order valence-corrected chi connectivity index (χ4v) is 7.86. The summed E-state index contributed by atoms with van der Waals surface area (Å²) in [4.78, 5) is 0. The first kappa shape index (κ1) is 25.1. The molecule has 2 heterocycles. The molecule has 0 aliphatic carbocycles. The molecule has 0 aliphatic heterocycles. The van der Waals surface area contributed by atoms with E-state index in [2.05, 4.69) is 168 Å². The Morgan fingerprint density at radius 1 is 0.341 bits per heavy atom. The number of aromatic nitrogens is 1. The second kappa shape index (κ2) is 10.1. The highest BCUT2D eigenvalue weighted by Gasteiger charge is 2.17. The molecule has 0 unspecified atom stereocenters. The van der Waals surface area contributed by atoms with Gasteiger partial charge in [-0.25, -0.2) is 0 Å². The highest BCUT2D eigenvalue weighted by Crippen LogP contribution is 2.43. The van der Waals surface area contributed by atoms with Crippen LogP contribution >= 0.6 is 11.3 Å². The van der Waals surface area contributed by atoms with Gasteiger partial charge in [0.2, 0.25) is 0 Å². The smallest absolute Gasteiger partial charge is 0.0548 e. The molecule has 0 atom stereocenters. The molecule has 0 fully saturated rings. The summed E-state index contributed by atoms with van der Waals surface area (Å²) in [6, 6.07) is 59.6. The maximum atomic E-state index is 2.43. The summed E-state index contributed by atoms with van der Waals surface area (Å²) in [5, 5.41) is 5.33. The van der Waals surface area contributed by atoms with Crippen molar-refractivity contribution in [3.8, 4) is 39.1 Å². The summed E-state index contributed by atoms with van der Waals surface area (Å²) in [5.41, 5.74) is 11.0. The zero-order valence-corrected chi connectivity index (χ0v) is 24.8. The van der Waals surface area contributed by atoms with Crippen molar-refractivity contribution in [2.75, 3.05) is 0 Å². The van der Waals surface area contributed by atoms with Crippen LogP contribution in [0, 0.1) is 0 Å². The van der Waals surface area contributed by atoms with Gasteiger partial charge in [-0.3, -0.25) is 0 Å². The average Bonchev–Trinajstić information content (AvgIpc) is 3.64. The topological polar surface area (TPSA) is 4.93 Å². The van der Waals surface area contributed by atoms with Gasteiger partial charge in [-0.2, -0.15) is 0 Å². The minimum Gasteiger partial charge on any atom is -0.309 e. The van der Waals surface area contributed by atoms with Crippen LogP contribution in [-0.2, 0) is 0 Å². The van der Waals surface area contributed by atoms with Gasteiger partial charge in [0.05, 0.1) is 11.0 Å². The molecule has 0 N–H and O–H groups in total. The molecule has 0 bridgehead atoms. The van der Waals surface area contributed by atoms with Crippen LogP contribution in [0.4, 0.5) is 0 Å². The minimum atomic E-state index is 1.17. The number of hydrogen-bond donors (Lipinski definition) is 0. The molecule has 0 saturated heterocycles. The van der Waals surface area contributed by atoms with Crippen molar-refractivity contribution < 1.29 is 0 Å². The third-order valence-electron chi connectivity index (χ3n) is 8.78. The highest BCUT2D eigenvalue weighted by atomic mass is 32.1. The summed E-state index contributed by atoms with van der Waals surface area (Å²) < 4.78 is 5.10. The second-order valence-corrected chi connectivity index (χ2v) is 12.4. The Labute approximate surface area is 259 Å². The van der Waals surface area contributed by atoms with Gasteiger partial charge < -0.3 is 4.57 Å². The van der Waals surface area contributed by atoms with Gasteiger partial charge in [0.1, 0.15) is 0 Å². The lowest BCUT2D eigenvalue weighted by Gasteiger charge is -2.13. The summed E-state index contributed by atoms with van der Waals surface area (Å²) in [6.45, 7) is 0. The normalized spacial score (nSPS) is 11.6. The van der Waals surface area contributed by atoms with E-state index in [9.17, 15) is 0 Å². The molecule has 2 aromatic heterocycles. The lowest BCUT2D eigenvalue weighted by molar-refractivity contribution is 1.18. The van der Waals surface area contributed by atoms with Crippen LogP contribution in [0.3, 0.4) is 0 Å². The summed E-state index contributed by atoms with van der Waals surface area (Å²) in [6.07, 6.45) is 0. The number of nitrogens with zero attached hydrogens (tertiary/aromatic N) is 1. The fourth-order valence-electron chi connectivity index (χ4n) is 6.74. The Morgan fingerprint density at radius 3 is 1.55 bits per heavy atom. The quantitative estimate of drug-likeness (QED) is 0.196. The molecule has 0 aliphatic rings. The van der Waals surface area contributed by atoms with Crippen molar-refractivity contribution in [2.24, 2.45) is 0 Å². The van der Waals surface area contributed by atoms with Crippen molar-refractivity contribution >= 4 is 53.3 Å². The number of para-hydroxylation sites is 1. The number of benzene rings is 7. The van der Waals surface area contributed by atoms with Crippen LogP contribution in [0.2, 0.25) is 0 Å². The Kier molecular flexibility index (Phi) is 5.75. The largest absolute Gasteiger partial charge is 0.309 e. The molecule has 0 spiro atoms. The van der Waals surface area contributed by atoms with Crippen molar-refractivity contribution in [1.29, 1.82) is 0 Å². The Hall–Kier alpha value is -5.44. The maximum Gasteiger partial charge on any atom is 0.0548 e. The van der Waals surface area contributed by atoms with Crippen molar-refractivity contribution in [3.63, 3.8) is 0 Å². The molecule has 7 aromatic carbocycles. The second-order valence-electron chi connectivity index (χ2n) is 11.4. The lowest BCUT2D eigenvalue weighted by atomic mass is 9.93. The van der Waals surface area contributed by atoms with Gasteiger partial charge in [0.25, 0.3) is 0 Å². The first-order valence-electron chi connectivity index (χ1n) is 15.0. The van der Waals surface area contributed by atoms with E-state index in [1.807, 2.05) is 11.3 Å². The van der Waals surface area contributed by atoms with Crippen LogP contribution < -0.4 is 0 Å². The van der Waals surface area contributed by atoms with Crippen LogP contribution in [0.1, 0.15) is 0 Å². The van der Waals surface area contributed by atoms with E-state index in [0.29, 0.717) is 0 Å². The van der Waals surface area contributed by atoms with E-state index in [1.54, 1.807) is 0 Å². The molecule has 0 saturated carbocycles. The zero-order valence-electron chi connectivity index (χ0n) is 23.9. The molecule has 206 valence electrons. The fraction of sp³-hybridized carbons (Fsp3) is 0. The molecular formula is C42H27NS. The molecule has 0 amide bonds. The van der Waals surface area contributed by atoms with Gasteiger partial charge in [0.15, 0.2) is 0 Å². The number of hydrogen-bond acceptors (Lipinski definition) is 1. The molecular weight excluding hydrogens is 551 g/mol. The van der Waals surface area contributed by atoms with Crippen molar-refractivity contribution in [3.05, 3.63) is 164 Å². The average molecular weight is 578 g/mol. The Bertz CT molecular complexity index is 2410. The summed E-state index contributed by atoms with van der Waals surface area (Å²) >= 11 is 1.88.